The van der Waals surface area contributed by atoms with Crippen molar-refractivity contribution in [2.75, 3.05) is 13.2 Å². The molecule has 7 nitrogen and oxygen atoms in total. The van der Waals surface area contributed by atoms with Crippen molar-refractivity contribution in [2.24, 2.45) is 0 Å². The molecule has 2 rings (SSSR count). The number of hydrogen-bond donors (Lipinski definition) is 3. The van der Waals surface area contributed by atoms with Crippen LogP contribution in [-0.4, -0.2) is 30.1 Å². The molecule has 0 spiro atoms. The fraction of sp³-hybridized carbons (Fsp3) is 0.250. The van der Waals surface area contributed by atoms with Crippen LogP contribution in [-0.2, 0) is 4.79 Å². The number of rotatable bonds is 8. The molecule has 2 amide bonds. The molecule has 2 aromatic rings. The number of amides is 2. The van der Waals surface area contributed by atoms with Crippen molar-refractivity contribution >= 4 is 68.3 Å². The van der Waals surface area contributed by atoms with E-state index in [2.05, 4.69) is 32.1 Å². The maximum Gasteiger partial charge on any atom is 0.257 e. The Labute approximate surface area is 203 Å². The molecule has 0 fully saturated rings. The summed E-state index contributed by atoms with van der Waals surface area (Å²) in [5.41, 5.74) is 5.29. The summed E-state index contributed by atoms with van der Waals surface area (Å²) < 4.78 is 11.6. The number of carbonyl (C=O) groups excluding carboxylic acids is 2. The summed E-state index contributed by atoms with van der Waals surface area (Å²) in [6.07, 6.45) is 0.631. The van der Waals surface area contributed by atoms with E-state index in [1.54, 1.807) is 36.4 Å². The van der Waals surface area contributed by atoms with Gasteiger partial charge in [-0.3, -0.25) is 25.8 Å². The van der Waals surface area contributed by atoms with E-state index < -0.39 is 5.91 Å². The average molecular weight is 549 g/mol. The molecule has 0 aromatic heterocycles. The lowest BCUT2D eigenvalue weighted by Gasteiger charge is -2.12. The molecule has 3 N–H and O–H groups in total. The van der Waals surface area contributed by atoms with Gasteiger partial charge in [-0.25, -0.2) is 0 Å². The molecule has 0 radical (unpaired) electrons. The van der Waals surface area contributed by atoms with Gasteiger partial charge in [-0.15, -0.1) is 0 Å². The maximum absolute atomic E-state index is 12.3. The molecule has 0 heterocycles. The van der Waals surface area contributed by atoms with Crippen molar-refractivity contribution in [3.63, 3.8) is 0 Å². The summed E-state index contributed by atoms with van der Waals surface area (Å²) in [6, 6.07) is 9.82. The molecule has 0 aliphatic heterocycles. The predicted octanol–water partition coefficient (Wildman–Crippen LogP) is 4.65. The van der Waals surface area contributed by atoms with Gasteiger partial charge < -0.3 is 9.47 Å². The van der Waals surface area contributed by atoms with E-state index in [4.69, 9.17) is 44.9 Å². The van der Waals surface area contributed by atoms with Gasteiger partial charge in [0.2, 0.25) is 5.91 Å². The number of hydrazine groups is 1. The maximum atomic E-state index is 12.3. The SMILES string of the molecule is CCOc1ccc(C(=O)NC(=S)NNC(=O)CCCOc2ccc(Cl)cc2Cl)cc1Br. The van der Waals surface area contributed by atoms with Gasteiger partial charge in [0.15, 0.2) is 5.11 Å². The molecular formula is C20H20BrCl2N3O4S. The Bertz CT molecular complexity index is 962. The average Bonchev–Trinajstić information content (AvgIpc) is 2.72. The zero-order valence-electron chi connectivity index (χ0n) is 16.5. The quantitative estimate of drug-likeness (QED) is 0.253. The second-order valence-corrected chi connectivity index (χ2v) is 8.17. The minimum Gasteiger partial charge on any atom is -0.493 e. The van der Waals surface area contributed by atoms with Crippen molar-refractivity contribution in [3.8, 4) is 11.5 Å². The van der Waals surface area contributed by atoms with Crippen LogP contribution >= 0.6 is 51.3 Å². The number of ether oxygens (including phenoxy) is 2. The zero-order chi connectivity index (χ0) is 22.8. The van der Waals surface area contributed by atoms with Crippen LogP contribution in [0.5, 0.6) is 11.5 Å². The Kier molecular flexibility index (Phi) is 10.3. The van der Waals surface area contributed by atoms with Crippen LogP contribution < -0.4 is 25.6 Å². The van der Waals surface area contributed by atoms with Crippen molar-refractivity contribution in [1.29, 1.82) is 0 Å². The van der Waals surface area contributed by atoms with Gasteiger partial charge in [0, 0.05) is 17.0 Å². The molecule has 0 aliphatic carbocycles. The van der Waals surface area contributed by atoms with Crippen molar-refractivity contribution in [2.45, 2.75) is 19.8 Å². The second kappa shape index (κ2) is 12.7. The number of benzene rings is 2. The van der Waals surface area contributed by atoms with Crippen molar-refractivity contribution < 1.29 is 19.1 Å². The van der Waals surface area contributed by atoms with E-state index in [1.165, 1.54) is 0 Å². The summed E-state index contributed by atoms with van der Waals surface area (Å²) in [7, 11) is 0. The van der Waals surface area contributed by atoms with Crippen LogP contribution in [0.2, 0.25) is 10.0 Å². The Balaban J connectivity index is 1.68. The molecular weight excluding hydrogens is 529 g/mol. The van der Waals surface area contributed by atoms with Gasteiger partial charge in [0.05, 0.1) is 22.7 Å². The van der Waals surface area contributed by atoms with Crippen LogP contribution in [0.25, 0.3) is 0 Å². The lowest BCUT2D eigenvalue weighted by Crippen LogP contribution is -2.48. The number of carbonyl (C=O) groups is 2. The standard InChI is InChI=1S/C20H20BrCl2N3O4S/c1-2-29-16-7-5-12(10-14(16)21)19(28)24-20(31)26-25-18(27)4-3-9-30-17-8-6-13(22)11-15(17)23/h5-8,10-11H,2-4,9H2,1H3,(H,25,27)(H2,24,26,28,31). The predicted molar refractivity (Wildman–Crippen MR) is 128 cm³/mol. The molecule has 0 saturated carbocycles. The summed E-state index contributed by atoms with van der Waals surface area (Å²) in [6.45, 7) is 2.68. The summed E-state index contributed by atoms with van der Waals surface area (Å²) >= 11 is 20.2. The molecule has 0 saturated heterocycles. The van der Waals surface area contributed by atoms with E-state index in [0.717, 1.165) is 0 Å². The van der Waals surface area contributed by atoms with Gasteiger partial charge in [0.1, 0.15) is 11.5 Å². The highest BCUT2D eigenvalue weighted by Gasteiger charge is 2.11. The van der Waals surface area contributed by atoms with Crippen LogP contribution in [0.4, 0.5) is 0 Å². The third-order valence-electron chi connectivity index (χ3n) is 3.74. The molecule has 31 heavy (non-hydrogen) atoms. The Morgan fingerprint density at radius 2 is 1.81 bits per heavy atom. The van der Waals surface area contributed by atoms with Crippen LogP contribution in [0, 0.1) is 0 Å². The highest BCUT2D eigenvalue weighted by Crippen LogP contribution is 2.27. The number of thiocarbonyl (C=S) groups is 1. The Hall–Kier alpha value is -2.07. The van der Waals surface area contributed by atoms with Crippen LogP contribution in [0.3, 0.4) is 0 Å². The smallest absolute Gasteiger partial charge is 0.257 e. The van der Waals surface area contributed by atoms with Gasteiger partial charge >= 0.3 is 0 Å². The third-order valence-corrected chi connectivity index (χ3v) is 5.09. The monoisotopic (exact) mass is 547 g/mol. The second-order valence-electron chi connectivity index (χ2n) is 6.06. The van der Waals surface area contributed by atoms with Crippen LogP contribution in [0.1, 0.15) is 30.1 Å². The van der Waals surface area contributed by atoms with Gasteiger partial charge in [-0.2, -0.15) is 0 Å². The first-order valence-corrected chi connectivity index (χ1v) is 11.2. The lowest BCUT2D eigenvalue weighted by atomic mass is 10.2. The largest absolute Gasteiger partial charge is 0.493 e. The summed E-state index contributed by atoms with van der Waals surface area (Å²) in [5, 5.41) is 3.37. The minimum absolute atomic E-state index is 0.0347. The van der Waals surface area contributed by atoms with Gasteiger partial charge in [-0.05, 0) is 77.9 Å². The van der Waals surface area contributed by atoms with E-state index in [0.29, 0.717) is 51.2 Å². The van der Waals surface area contributed by atoms with E-state index in [9.17, 15) is 9.59 Å². The van der Waals surface area contributed by atoms with E-state index in [1.807, 2.05) is 6.92 Å². The van der Waals surface area contributed by atoms with Gasteiger partial charge in [0.25, 0.3) is 5.91 Å². The zero-order valence-corrected chi connectivity index (χ0v) is 20.4. The van der Waals surface area contributed by atoms with Crippen molar-refractivity contribution in [3.05, 3.63) is 56.5 Å². The van der Waals surface area contributed by atoms with E-state index in [-0.39, 0.29) is 17.4 Å². The number of halogens is 3. The lowest BCUT2D eigenvalue weighted by molar-refractivity contribution is -0.121. The molecule has 166 valence electrons. The molecule has 11 heteroatoms. The first-order valence-electron chi connectivity index (χ1n) is 9.20. The molecule has 0 atom stereocenters. The minimum atomic E-state index is -0.427. The highest BCUT2D eigenvalue weighted by atomic mass is 79.9. The summed E-state index contributed by atoms with van der Waals surface area (Å²) in [4.78, 5) is 24.2. The normalized spacial score (nSPS) is 10.2. The van der Waals surface area contributed by atoms with E-state index >= 15 is 0 Å². The molecule has 2 aromatic carbocycles. The molecule has 0 unspecified atom stereocenters. The topological polar surface area (TPSA) is 88.7 Å². The molecule has 0 aliphatic rings. The molecule has 0 bridgehead atoms. The fourth-order valence-corrected chi connectivity index (χ4v) is 3.42. The van der Waals surface area contributed by atoms with Crippen LogP contribution in [0.15, 0.2) is 40.9 Å². The highest BCUT2D eigenvalue weighted by molar-refractivity contribution is 9.10. The third kappa shape index (κ3) is 8.53. The number of hydrogen-bond acceptors (Lipinski definition) is 5. The van der Waals surface area contributed by atoms with Gasteiger partial charge in [-0.1, -0.05) is 23.2 Å². The first-order chi connectivity index (χ1) is 14.8. The summed E-state index contributed by atoms with van der Waals surface area (Å²) in [5.74, 6) is 0.388. The Morgan fingerprint density at radius 1 is 1.06 bits per heavy atom. The Morgan fingerprint density at radius 3 is 2.48 bits per heavy atom. The van der Waals surface area contributed by atoms with Crippen molar-refractivity contribution in [1.82, 2.24) is 16.2 Å². The fourth-order valence-electron chi connectivity index (χ4n) is 2.32. The number of nitrogens with one attached hydrogen (secondary N) is 3. The first kappa shape index (κ1) is 25.2.